The smallest absolute Gasteiger partial charge is 0.162 e. The Labute approximate surface area is 213 Å². The van der Waals surface area contributed by atoms with E-state index in [0.29, 0.717) is 11.3 Å². The number of fused-ring (bicyclic) bond motifs is 6. The molecule has 37 heavy (non-hydrogen) atoms. The Balaban J connectivity index is 1.68. The third kappa shape index (κ3) is 3.15. The topological polar surface area (TPSA) is 31.0 Å². The fourth-order valence-electron chi connectivity index (χ4n) is 5.63. The van der Waals surface area contributed by atoms with Gasteiger partial charge in [0.1, 0.15) is 11.3 Å². The number of rotatable bonds is 2. The van der Waals surface area contributed by atoms with E-state index < -0.39 is 0 Å². The van der Waals surface area contributed by atoms with Gasteiger partial charge in [0, 0.05) is 33.3 Å². The first-order chi connectivity index (χ1) is 17.9. The standard InChI is InChI=1S/C33H25FN2O/c1-33(2,3)24-17-15-22(26-12-8-9-19-35-26)31-29(24)23-16-18-25(34)30(32(23)37-31)36-27-13-6-4-10-20(27)21-11-5-7-14-28(21)36/h4-19H,1-3H3. The molecule has 0 radical (unpaired) electrons. The minimum absolute atomic E-state index is 0.140. The first kappa shape index (κ1) is 21.8. The van der Waals surface area contributed by atoms with Gasteiger partial charge in [-0.15, -0.1) is 0 Å². The van der Waals surface area contributed by atoms with Crippen LogP contribution in [0.1, 0.15) is 26.3 Å². The van der Waals surface area contributed by atoms with Crippen molar-refractivity contribution in [2.75, 3.05) is 0 Å². The molecule has 0 aliphatic heterocycles. The predicted molar refractivity (Wildman–Crippen MR) is 150 cm³/mol. The number of pyridine rings is 1. The maximum Gasteiger partial charge on any atom is 0.162 e. The normalized spacial score (nSPS) is 12.3. The molecule has 0 saturated heterocycles. The van der Waals surface area contributed by atoms with Crippen molar-refractivity contribution in [3.05, 3.63) is 109 Å². The molecule has 4 aromatic carbocycles. The molecular formula is C33H25FN2O. The highest BCUT2D eigenvalue weighted by molar-refractivity contribution is 6.15. The Morgan fingerprint density at radius 1 is 0.703 bits per heavy atom. The maximum atomic E-state index is 15.9. The zero-order chi connectivity index (χ0) is 25.3. The van der Waals surface area contributed by atoms with Gasteiger partial charge in [0.2, 0.25) is 0 Å². The van der Waals surface area contributed by atoms with Gasteiger partial charge in [0.25, 0.3) is 0 Å². The second-order valence-corrected chi connectivity index (χ2v) is 10.6. The quantitative estimate of drug-likeness (QED) is 0.245. The van der Waals surface area contributed by atoms with Crippen LogP contribution in [0.5, 0.6) is 0 Å². The molecular weight excluding hydrogens is 459 g/mol. The monoisotopic (exact) mass is 484 g/mol. The van der Waals surface area contributed by atoms with Crippen molar-refractivity contribution in [2.24, 2.45) is 0 Å². The van der Waals surface area contributed by atoms with Crippen molar-refractivity contribution in [3.63, 3.8) is 0 Å². The van der Waals surface area contributed by atoms with Gasteiger partial charge >= 0.3 is 0 Å². The van der Waals surface area contributed by atoms with Crippen LogP contribution in [0.25, 0.3) is 60.7 Å². The highest BCUT2D eigenvalue weighted by Gasteiger charge is 2.27. The fourth-order valence-corrected chi connectivity index (χ4v) is 5.63. The van der Waals surface area contributed by atoms with Gasteiger partial charge in [0.15, 0.2) is 11.4 Å². The Kier molecular flexibility index (Phi) is 4.58. The summed E-state index contributed by atoms with van der Waals surface area (Å²) in [6, 6.07) is 29.8. The molecule has 0 fully saturated rings. The summed E-state index contributed by atoms with van der Waals surface area (Å²) in [5.74, 6) is -0.324. The molecule has 0 saturated carbocycles. The highest BCUT2D eigenvalue weighted by atomic mass is 19.1. The molecule has 0 spiro atoms. The number of para-hydroxylation sites is 2. The maximum absolute atomic E-state index is 15.9. The van der Waals surface area contributed by atoms with Crippen molar-refractivity contribution in [1.82, 2.24) is 9.55 Å². The van der Waals surface area contributed by atoms with Gasteiger partial charge in [-0.1, -0.05) is 69.3 Å². The van der Waals surface area contributed by atoms with Gasteiger partial charge in [0.05, 0.1) is 16.7 Å². The summed E-state index contributed by atoms with van der Waals surface area (Å²) in [5.41, 5.74) is 6.31. The zero-order valence-electron chi connectivity index (χ0n) is 20.9. The van der Waals surface area contributed by atoms with Crippen LogP contribution >= 0.6 is 0 Å². The van der Waals surface area contributed by atoms with Crippen molar-refractivity contribution < 1.29 is 8.81 Å². The summed E-state index contributed by atoms with van der Waals surface area (Å²) in [6.07, 6.45) is 1.78. The lowest BCUT2D eigenvalue weighted by Crippen LogP contribution is -2.11. The van der Waals surface area contributed by atoms with Crippen molar-refractivity contribution >= 4 is 43.7 Å². The van der Waals surface area contributed by atoms with E-state index in [1.165, 1.54) is 0 Å². The Morgan fingerprint density at radius 2 is 1.38 bits per heavy atom. The number of nitrogens with zero attached hydrogens (tertiary/aromatic N) is 2. The van der Waals surface area contributed by atoms with E-state index in [1.807, 2.05) is 65.2 Å². The third-order valence-electron chi connectivity index (χ3n) is 7.27. The summed E-state index contributed by atoms with van der Waals surface area (Å²) in [5, 5.41) is 4.06. The van der Waals surface area contributed by atoms with E-state index in [9.17, 15) is 0 Å². The molecule has 0 unspecified atom stereocenters. The van der Waals surface area contributed by atoms with E-state index in [4.69, 9.17) is 4.42 Å². The van der Waals surface area contributed by atoms with Crippen molar-refractivity contribution in [1.29, 1.82) is 0 Å². The van der Waals surface area contributed by atoms with Crippen molar-refractivity contribution in [2.45, 2.75) is 26.2 Å². The Morgan fingerprint density at radius 3 is 2.03 bits per heavy atom. The van der Waals surface area contributed by atoms with Gasteiger partial charge < -0.3 is 8.98 Å². The molecule has 0 amide bonds. The molecule has 0 atom stereocenters. The highest BCUT2D eigenvalue weighted by Crippen LogP contribution is 2.44. The van der Waals surface area contributed by atoms with Gasteiger partial charge in [-0.05, 0) is 53.4 Å². The lowest BCUT2D eigenvalue weighted by atomic mass is 9.83. The summed E-state index contributed by atoms with van der Waals surface area (Å²) >= 11 is 0. The first-order valence-electron chi connectivity index (χ1n) is 12.5. The average Bonchev–Trinajstić information content (AvgIpc) is 3.45. The molecule has 3 aromatic heterocycles. The Bertz CT molecular complexity index is 1920. The molecule has 7 aromatic rings. The molecule has 0 aliphatic rings. The number of hydrogen-bond acceptors (Lipinski definition) is 2. The van der Waals surface area contributed by atoms with Crippen LogP contribution in [-0.2, 0) is 5.41 Å². The zero-order valence-corrected chi connectivity index (χ0v) is 20.9. The summed E-state index contributed by atoms with van der Waals surface area (Å²) < 4.78 is 24.6. The minimum atomic E-state index is -0.324. The van der Waals surface area contributed by atoms with Gasteiger partial charge in [-0.3, -0.25) is 4.98 Å². The minimum Gasteiger partial charge on any atom is -0.453 e. The van der Waals surface area contributed by atoms with Crippen LogP contribution in [0, 0.1) is 5.82 Å². The summed E-state index contributed by atoms with van der Waals surface area (Å²) in [6.45, 7) is 6.58. The molecule has 7 rings (SSSR count). The Hall–Kier alpha value is -4.44. The van der Waals surface area contributed by atoms with Crippen LogP contribution in [0.2, 0.25) is 0 Å². The number of furan rings is 1. The van der Waals surface area contributed by atoms with Crippen LogP contribution in [0.4, 0.5) is 4.39 Å². The third-order valence-corrected chi connectivity index (χ3v) is 7.27. The summed E-state index contributed by atoms with van der Waals surface area (Å²) in [4.78, 5) is 4.59. The number of benzene rings is 4. The van der Waals surface area contributed by atoms with Crippen LogP contribution in [0.15, 0.2) is 102 Å². The molecule has 180 valence electrons. The molecule has 3 nitrogen and oxygen atoms in total. The van der Waals surface area contributed by atoms with Crippen LogP contribution < -0.4 is 0 Å². The van der Waals surface area contributed by atoms with E-state index in [2.05, 4.69) is 50.0 Å². The first-order valence-corrected chi connectivity index (χ1v) is 12.5. The molecule has 3 heterocycles. The van der Waals surface area contributed by atoms with Gasteiger partial charge in [-0.2, -0.15) is 0 Å². The predicted octanol–water partition coefficient (Wildman–Crippen LogP) is 9.18. The van der Waals surface area contributed by atoms with Gasteiger partial charge in [-0.25, -0.2) is 4.39 Å². The molecule has 0 N–H and O–H groups in total. The molecule has 0 bridgehead atoms. The van der Waals surface area contributed by atoms with Crippen LogP contribution in [-0.4, -0.2) is 9.55 Å². The average molecular weight is 485 g/mol. The number of aromatic nitrogens is 2. The molecule has 0 aliphatic carbocycles. The second-order valence-electron chi connectivity index (χ2n) is 10.6. The fraction of sp³-hybridized carbons (Fsp3) is 0.121. The lowest BCUT2D eigenvalue weighted by molar-refractivity contribution is 0.594. The number of halogens is 1. The van der Waals surface area contributed by atoms with E-state index >= 15 is 4.39 Å². The van der Waals surface area contributed by atoms with E-state index in [0.717, 1.165) is 55.0 Å². The second kappa shape index (κ2) is 7.78. The largest absolute Gasteiger partial charge is 0.453 e. The van der Waals surface area contributed by atoms with Crippen LogP contribution in [0.3, 0.4) is 0 Å². The van der Waals surface area contributed by atoms with Crippen molar-refractivity contribution in [3.8, 4) is 16.9 Å². The summed E-state index contributed by atoms with van der Waals surface area (Å²) in [7, 11) is 0. The van der Waals surface area contributed by atoms with E-state index in [1.54, 1.807) is 12.3 Å². The number of hydrogen-bond donors (Lipinski definition) is 0. The SMILES string of the molecule is CC(C)(C)c1ccc(-c2ccccn2)c2oc3c(-n4c5ccccc5c5ccccc54)c(F)ccc3c12. The van der Waals surface area contributed by atoms with E-state index in [-0.39, 0.29) is 11.2 Å². The molecule has 4 heteroatoms. The lowest BCUT2D eigenvalue weighted by Gasteiger charge is -2.21.